The molecule has 0 amide bonds. The summed E-state index contributed by atoms with van der Waals surface area (Å²) in [6.45, 7) is 1.65. The predicted octanol–water partition coefficient (Wildman–Crippen LogP) is 3.83. The zero-order valence-electron chi connectivity index (χ0n) is 11.1. The summed E-state index contributed by atoms with van der Waals surface area (Å²) in [6, 6.07) is 9.23. The van der Waals surface area contributed by atoms with Crippen LogP contribution in [-0.4, -0.2) is 12.0 Å². The smallest absolute Gasteiger partial charge is 0.273 e. The third-order valence-electron chi connectivity index (χ3n) is 2.96. The van der Waals surface area contributed by atoms with E-state index < -0.39 is 4.92 Å². The number of benzene rings is 2. The van der Waals surface area contributed by atoms with Crippen LogP contribution in [0.1, 0.15) is 5.56 Å². The molecule has 0 spiro atoms. The van der Waals surface area contributed by atoms with E-state index in [4.69, 9.17) is 0 Å². The number of nitrogens with one attached hydrogen (secondary N) is 2. The molecule has 104 valence electrons. The van der Waals surface area contributed by atoms with Gasteiger partial charge in [-0.2, -0.15) is 0 Å². The van der Waals surface area contributed by atoms with Gasteiger partial charge in [-0.3, -0.25) is 10.1 Å². The normalized spacial score (nSPS) is 10.2. The maximum atomic E-state index is 13.5. The van der Waals surface area contributed by atoms with E-state index >= 15 is 0 Å². The third kappa shape index (κ3) is 2.85. The summed E-state index contributed by atoms with van der Waals surface area (Å²) in [5.74, 6) is -0.325. The Hall–Kier alpha value is -2.63. The largest absolute Gasteiger partial charge is 0.388 e. The molecular formula is C14H14FN3O2. The Morgan fingerprint density at radius 2 is 1.90 bits per heavy atom. The molecule has 0 aromatic heterocycles. The lowest BCUT2D eigenvalue weighted by Gasteiger charge is -2.11. The van der Waals surface area contributed by atoms with Gasteiger partial charge in [0.15, 0.2) is 0 Å². The van der Waals surface area contributed by atoms with Crippen molar-refractivity contribution in [3.63, 3.8) is 0 Å². The summed E-state index contributed by atoms with van der Waals surface area (Å²) < 4.78 is 13.5. The van der Waals surface area contributed by atoms with Gasteiger partial charge in [0.1, 0.15) is 5.82 Å². The van der Waals surface area contributed by atoms with Crippen molar-refractivity contribution in [2.75, 3.05) is 17.7 Å². The molecular weight excluding hydrogens is 261 g/mol. The number of non-ortho nitro benzene ring substituents is 1. The van der Waals surface area contributed by atoms with Crippen molar-refractivity contribution in [3.8, 4) is 0 Å². The lowest BCUT2D eigenvalue weighted by atomic mass is 10.1. The highest BCUT2D eigenvalue weighted by molar-refractivity contribution is 5.70. The van der Waals surface area contributed by atoms with Crippen LogP contribution < -0.4 is 10.6 Å². The lowest BCUT2D eigenvalue weighted by Crippen LogP contribution is -1.98. The minimum atomic E-state index is -0.468. The summed E-state index contributed by atoms with van der Waals surface area (Å²) in [5.41, 5.74) is 2.14. The molecule has 0 radical (unpaired) electrons. The maximum Gasteiger partial charge on any atom is 0.273 e. The molecule has 0 aliphatic carbocycles. The Balaban J connectivity index is 2.40. The van der Waals surface area contributed by atoms with Gasteiger partial charge in [-0.15, -0.1) is 0 Å². The van der Waals surface area contributed by atoms with Crippen molar-refractivity contribution < 1.29 is 9.31 Å². The molecule has 0 saturated carbocycles. The number of anilines is 3. The Bertz CT molecular complexity index is 659. The van der Waals surface area contributed by atoms with E-state index in [0.717, 1.165) is 0 Å². The molecule has 0 bridgehead atoms. The van der Waals surface area contributed by atoms with Gasteiger partial charge >= 0.3 is 0 Å². The average Bonchev–Trinajstić information content (AvgIpc) is 2.43. The second-order valence-electron chi connectivity index (χ2n) is 4.31. The zero-order valence-corrected chi connectivity index (χ0v) is 11.1. The van der Waals surface area contributed by atoms with Crippen LogP contribution in [0.2, 0.25) is 0 Å². The molecule has 0 saturated heterocycles. The first-order valence-corrected chi connectivity index (χ1v) is 6.00. The van der Waals surface area contributed by atoms with Gasteiger partial charge in [0.2, 0.25) is 0 Å². The summed E-state index contributed by atoms with van der Waals surface area (Å²) in [5, 5.41) is 16.7. The highest BCUT2D eigenvalue weighted by Gasteiger charge is 2.10. The summed E-state index contributed by atoms with van der Waals surface area (Å²) >= 11 is 0. The molecule has 0 atom stereocenters. The van der Waals surface area contributed by atoms with Gasteiger partial charge < -0.3 is 10.6 Å². The van der Waals surface area contributed by atoms with E-state index in [9.17, 15) is 14.5 Å². The van der Waals surface area contributed by atoms with Crippen LogP contribution in [0.5, 0.6) is 0 Å². The molecule has 0 fully saturated rings. The van der Waals surface area contributed by atoms with Gasteiger partial charge in [-0.05, 0) is 25.1 Å². The van der Waals surface area contributed by atoms with Crippen LogP contribution in [-0.2, 0) is 0 Å². The molecule has 2 rings (SSSR count). The Labute approximate surface area is 115 Å². The summed E-state index contributed by atoms with van der Waals surface area (Å²) in [7, 11) is 1.68. The highest BCUT2D eigenvalue weighted by atomic mass is 19.1. The molecule has 2 aromatic carbocycles. The topological polar surface area (TPSA) is 67.2 Å². The van der Waals surface area contributed by atoms with Crippen LogP contribution in [0.15, 0.2) is 36.4 Å². The maximum absolute atomic E-state index is 13.5. The summed E-state index contributed by atoms with van der Waals surface area (Å²) in [4.78, 5) is 10.4. The molecule has 0 aliphatic heterocycles. The number of hydrogen-bond acceptors (Lipinski definition) is 4. The van der Waals surface area contributed by atoms with Crippen molar-refractivity contribution >= 4 is 22.7 Å². The van der Waals surface area contributed by atoms with E-state index in [-0.39, 0.29) is 11.5 Å². The standard InChI is InChI=1S/C14H14FN3O2/c1-9-13(15)4-3-5-14(9)17-11-6-10(16-2)7-12(8-11)18(19)20/h3-8,16-17H,1-2H3. The fraction of sp³-hybridized carbons (Fsp3) is 0.143. The molecule has 2 aromatic rings. The number of nitrogens with zero attached hydrogens (tertiary/aromatic N) is 1. The van der Waals surface area contributed by atoms with E-state index in [1.165, 1.54) is 18.2 Å². The number of halogens is 1. The monoisotopic (exact) mass is 275 g/mol. The molecule has 6 heteroatoms. The first-order chi connectivity index (χ1) is 9.51. The first kappa shape index (κ1) is 13.8. The lowest BCUT2D eigenvalue weighted by molar-refractivity contribution is -0.384. The number of rotatable bonds is 4. The third-order valence-corrected chi connectivity index (χ3v) is 2.96. The molecule has 0 heterocycles. The Morgan fingerprint density at radius 1 is 1.20 bits per heavy atom. The van der Waals surface area contributed by atoms with Gasteiger partial charge in [0.05, 0.1) is 4.92 Å². The minimum Gasteiger partial charge on any atom is -0.388 e. The van der Waals surface area contributed by atoms with Crippen molar-refractivity contribution in [2.24, 2.45) is 0 Å². The summed E-state index contributed by atoms with van der Waals surface area (Å²) in [6.07, 6.45) is 0. The van der Waals surface area contributed by atoms with Crippen molar-refractivity contribution in [2.45, 2.75) is 6.92 Å². The molecule has 0 unspecified atom stereocenters. The van der Waals surface area contributed by atoms with Gasteiger partial charge in [0.25, 0.3) is 5.69 Å². The molecule has 5 nitrogen and oxygen atoms in total. The number of nitro benzene ring substituents is 1. The minimum absolute atomic E-state index is 0.0339. The van der Waals surface area contributed by atoms with Gasteiger partial charge in [-0.1, -0.05) is 6.07 Å². The van der Waals surface area contributed by atoms with Crippen molar-refractivity contribution in [3.05, 3.63) is 57.9 Å². The average molecular weight is 275 g/mol. The second kappa shape index (κ2) is 5.56. The molecule has 20 heavy (non-hydrogen) atoms. The molecule has 2 N–H and O–H groups in total. The van der Waals surface area contributed by atoms with Crippen LogP contribution in [0, 0.1) is 22.9 Å². The van der Waals surface area contributed by atoms with Crippen LogP contribution in [0.3, 0.4) is 0 Å². The van der Waals surface area contributed by atoms with E-state index in [1.807, 2.05) is 0 Å². The predicted molar refractivity (Wildman–Crippen MR) is 77.1 cm³/mol. The Morgan fingerprint density at radius 3 is 2.55 bits per heavy atom. The molecule has 0 aliphatic rings. The Kier molecular flexibility index (Phi) is 3.84. The van der Waals surface area contributed by atoms with E-state index in [0.29, 0.717) is 22.6 Å². The van der Waals surface area contributed by atoms with Crippen LogP contribution in [0.4, 0.5) is 27.1 Å². The van der Waals surface area contributed by atoms with Crippen LogP contribution in [0.25, 0.3) is 0 Å². The van der Waals surface area contributed by atoms with E-state index in [1.54, 1.807) is 32.2 Å². The second-order valence-corrected chi connectivity index (χ2v) is 4.31. The first-order valence-electron chi connectivity index (χ1n) is 6.00. The number of hydrogen-bond donors (Lipinski definition) is 2. The zero-order chi connectivity index (χ0) is 14.7. The van der Waals surface area contributed by atoms with Gasteiger partial charge in [-0.25, -0.2) is 4.39 Å². The quantitative estimate of drug-likeness (QED) is 0.657. The van der Waals surface area contributed by atoms with Crippen LogP contribution >= 0.6 is 0 Å². The fourth-order valence-electron chi connectivity index (χ4n) is 1.83. The SMILES string of the molecule is CNc1cc(Nc2cccc(F)c2C)cc([N+](=O)[O-])c1. The van der Waals surface area contributed by atoms with Crippen molar-refractivity contribution in [1.29, 1.82) is 0 Å². The highest BCUT2D eigenvalue weighted by Crippen LogP contribution is 2.28. The van der Waals surface area contributed by atoms with Gasteiger partial charge in [0, 0.05) is 41.8 Å². The van der Waals surface area contributed by atoms with E-state index in [2.05, 4.69) is 10.6 Å². The number of nitro groups is 1. The van der Waals surface area contributed by atoms with Crippen molar-refractivity contribution in [1.82, 2.24) is 0 Å². The fourth-order valence-corrected chi connectivity index (χ4v) is 1.83.